The molecule has 32 heavy (non-hydrogen) atoms. The zero-order chi connectivity index (χ0) is 22.7. The van der Waals surface area contributed by atoms with E-state index in [1.165, 1.54) is 29.5 Å². The molecule has 4 rings (SSSR count). The minimum atomic E-state index is -4.39. The number of fused-ring (bicyclic) bond motifs is 1. The maximum atomic E-state index is 12.9. The Labute approximate surface area is 191 Å². The predicted molar refractivity (Wildman–Crippen MR) is 117 cm³/mol. The monoisotopic (exact) mass is 484 g/mol. The van der Waals surface area contributed by atoms with Crippen molar-refractivity contribution >= 4 is 39.9 Å². The van der Waals surface area contributed by atoms with E-state index in [4.69, 9.17) is 16.3 Å². The van der Waals surface area contributed by atoms with Crippen molar-refractivity contribution in [2.45, 2.75) is 12.2 Å². The lowest BCUT2D eigenvalue weighted by Crippen LogP contribution is -2.43. The third kappa shape index (κ3) is 5.15. The molecular weight excluding hydrogens is 465 g/mol. The highest BCUT2D eigenvalue weighted by Crippen LogP contribution is 2.31. The molecule has 11 heteroatoms. The number of amides is 1. The molecule has 1 atom stereocenters. The van der Waals surface area contributed by atoms with Gasteiger partial charge in [-0.15, -0.1) is 11.3 Å². The van der Waals surface area contributed by atoms with Crippen LogP contribution in [-0.2, 0) is 15.7 Å². The van der Waals surface area contributed by atoms with Crippen LogP contribution in [0.4, 0.5) is 13.2 Å². The van der Waals surface area contributed by atoms with Crippen molar-refractivity contribution in [3.05, 3.63) is 63.9 Å². The van der Waals surface area contributed by atoms with Crippen LogP contribution in [0.25, 0.3) is 11.0 Å². The fraction of sp³-hybridized carbons (Fsp3) is 0.333. The number of nitrogens with one attached hydrogen (secondary N) is 1. The van der Waals surface area contributed by atoms with E-state index in [1.807, 2.05) is 11.6 Å². The van der Waals surface area contributed by atoms with Crippen molar-refractivity contribution in [3.8, 4) is 0 Å². The fourth-order valence-electron chi connectivity index (χ4n) is 3.58. The summed E-state index contributed by atoms with van der Waals surface area (Å²) in [5.41, 5.74) is 0.597. The molecule has 0 radical (unpaired) electrons. The van der Waals surface area contributed by atoms with Gasteiger partial charge in [-0.2, -0.15) is 13.2 Å². The molecular formula is C21H20ClF3N4O2S. The van der Waals surface area contributed by atoms with Crippen LogP contribution in [0.2, 0.25) is 5.15 Å². The normalized spacial score (nSPS) is 16.6. The van der Waals surface area contributed by atoms with Gasteiger partial charge in [0.05, 0.1) is 30.5 Å². The molecule has 3 heterocycles. The molecule has 2 aromatic heterocycles. The first-order valence-electron chi connectivity index (χ1n) is 9.89. The number of nitrogens with zero attached hydrogens (tertiary/aromatic N) is 3. The maximum absolute atomic E-state index is 12.9. The summed E-state index contributed by atoms with van der Waals surface area (Å²) in [6, 6.07) is 4.78. The minimum absolute atomic E-state index is 0.239. The highest BCUT2D eigenvalue weighted by atomic mass is 35.5. The quantitative estimate of drug-likeness (QED) is 0.531. The van der Waals surface area contributed by atoms with Gasteiger partial charge in [0.2, 0.25) is 5.91 Å². The van der Waals surface area contributed by atoms with Gasteiger partial charge < -0.3 is 10.1 Å². The average Bonchev–Trinajstić information content (AvgIpc) is 3.33. The molecule has 0 bridgehead atoms. The number of aromatic nitrogens is 2. The number of benzene rings is 1. The van der Waals surface area contributed by atoms with Crippen LogP contribution in [0.3, 0.4) is 0 Å². The maximum Gasteiger partial charge on any atom is 0.416 e. The summed E-state index contributed by atoms with van der Waals surface area (Å²) < 4.78 is 46.0. The Morgan fingerprint density at radius 1 is 1.28 bits per heavy atom. The van der Waals surface area contributed by atoms with Gasteiger partial charge in [0.25, 0.3) is 0 Å². The number of carbonyl (C=O) groups excluding carboxylic acids is 1. The molecule has 3 aromatic rings. The molecule has 1 aromatic carbocycles. The topological polar surface area (TPSA) is 58.9 Å². The molecule has 1 fully saturated rings. The van der Waals surface area contributed by atoms with Crippen LogP contribution in [-0.4, -0.2) is 53.0 Å². The summed E-state index contributed by atoms with van der Waals surface area (Å²) in [4.78, 5) is 19.5. The number of carbonyl (C=O) groups is 1. The number of alkyl halides is 3. The second kappa shape index (κ2) is 9.62. The zero-order valence-electron chi connectivity index (χ0n) is 16.8. The van der Waals surface area contributed by atoms with Gasteiger partial charge in [0, 0.05) is 37.3 Å². The van der Waals surface area contributed by atoms with Gasteiger partial charge in [-0.25, -0.2) is 4.98 Å². The number of morpholine rings is 1. The molecule has 1 saturated heterocycles. The Kier molecular flexibility index (Phi) is 6.85. The van der Waals surface area contributed by atoms with E-state index in [0.717, 1.165) is 17.1 Å². The molecule has 1 aliphatic heterocycles. The van der Waals surface area contributed by atoms with Gasteiger partial charge in [-0.05, 0) is 23.8 Å². The fourth-order valence-corrected chi connectivity index (χ4v) is 4.58. The van der Waals surface area contributed by atoms with Crippen molar-refractivity contribution in [2.24, 2.45) is 0 Å². The first-order chi connectivity index (χ1) is 15.3. The van der Waals surface area contributed by atoms with Crippen LogP contribution in [0.5, 0.6) is 0 Å². The van der Waals surface area contributed by atoms with E-state index in [2.05, 4.69) is 15.2 Å². The lowest BCUT2D eigenvalue weighted by atomic mass is 10.0. The summed E-state index contributed by atoms with van der Waals surface area (Å²) in [7, 11) is 0. The van der Waals surface area contributed by atoms with E-state index in [9.17, 15) is 18.0 Å². The molecule has 1 N–H and O–H groups in total. The summed E-state index contributed by atoms with van der Waals surface area (Å²) in [6.45, 7) is 2.54. The largest absolute Gasteiger partial charge is 0.416 e. The Hall–Kier alpha value is -2.40. The molecule has 0 spiro atoms. The third-order valence-electron chi connectivity index (χ3n) is 5.23. The molecule has 1 aliphatic rings. The van der Waals surface area contributed by atoms with Gasteiger partial charge in [0.15, 0.2) is 10.1 Å². The summed E-state index contributed by atoms with van der Waals surface area (Å²) >= 11 is 7.57. The van der Waals surface area contributed by atoms with Crippen molar-refractivity contribution in [1.29, 1.82) is 0 Å². The number of thiazole rings is 1. The zero-order valence-corrected chi connectivity index (χ0v) is 18.4. The first kappa shape index (κ1) is 22.8. The van der Waals surface area contributed by atoms with Crippen LogP contribution < -0.4 is 5.32 Å². The number of hydrogen-bond acceptors (Lipinski definition) is 5. The third-order valence-corrected chi connectivity index (χ3v) is 6.26. The Balaban J connectivity index is 1.46. The number of halogens is 4. The predicted octanol–water partition coefficient (Wildman–Crippen LogP) is 4.27. The van der Waals surface area contributed by atoms with Gasteiger partial charge in [-0.3, -0.25) is 14.1 Å². The van der Waals surface area contributed by atoms with Gasteiger partial charge in [0.1, 0.15) is 0 Å². The molecule has 6 nitrogen and oxygen atoms in total. The minimum Gasteiger partial charge on any atom is -0.379 e. The Morgan fingerprint density at radius 3 is 2.69 bits per heavy atom. The molecule has 170 valence electrons. The number of imidazole rings is 1. The first-order valence-corrected chi connectivity index (χ1v) is 11.1. The summed E-state index contributed by atoms with van der Waals surface area (Å²) in [6.07, 6.45) is 0.382. The SMILES string of the molecule is O=C(/C=C/c1c(Cl)nc2sccn12)NCC(c1ccc(C(F)(F)F)cc1)N1CCOCC1. The van der Waals surface area contributed by atoms with Crippen LogP contribution >= 0.6 is 22.9 Å². The van der Waals surface area contributed by atoms with Crippen molar-refractivity contribution in [3.63, 3.8) is 0 Å². The molecule has 0 saturated carbocycles. The molecule has 0 aliphatic carbocycles. The molecule has 1 amide bonds. The second-order valence-electron chi connectivity index (χ2n) is 7.21. The lowest BCUT2D eigenvalue weighted by Gasteiger charge is -2.35. The summed E-state index contributed by atoms with van der Waals surface area (Å²) in [5, 5.41) is 5.02. The number of rotatable bonds is 6. The molecule has 1 unspecified atom stereocenters. The van der Waals surface area contributed by atoms with Crippen molar-refractivity contribution in [2.75, 3.05) is 32.8 Å². The number of ether oxygens (including phenoxy) is 1. The lowest BCUT2D eigenvalue weighted by molar-refractivity contribution is -0.137. The van der Waals surface area contributed by atoms with Gasteiger partial charge in [-0.1, -0.05) is 23.7 Å². The van der Waals surface area contributed by atoms with E-state index in [-0.39, 0.29) is 18.5 Å². The standard InChI is InChI=1S/C21H20ClF3N4O2S/c22-19-16(29-9-12-32-20(29)27-19)5-6-18(30)26-13-17(28-7-10-31-11-8-28)14-1-3-15(4-2-14)21(23,24)25/h1-6,9,12,17H,7-8,10-11,13H2,(H,26,30)/b6-5+. The van der Waals surface area contributed by atoms with Crippen LogP contribution in [0, 0.1) is 0 Å². The smallest absolute Gasteiger partial charge is 0.379 e. The highest BCUT2D eigenvalue weighted by molar-refractivity contribution is 7.15. The highest BCUT2D eigenvalue weighted by Gasteiger charge is 2.31. The van der Waals surface area contributed by atoms with Crippen molar-refractivity contribution < 1.29 is 22.7 Å². The van der Waals surface area contributed by atoms with E-state index < -0.39 is 11.7 Å². The summed E-state index contributed by atoms with van der Waals surface area (Å²) in [5.74, 6) is -0.337. The van der Waals surface area contributed by atoms with Crippen LogP contribution in [0.15, 0.2) is 41.9 Å². The van der Waals surface area contributed by atoms with E-state index in [1.54, 1.807) is 10.5 Å². The average molecular weight is 485 g/mol. The van der Waals surface area contributed by atoms with Crippen LogP contribution in [0.1, 0.15) is 22.9 Å². The van der Waals surface area contributed by atoms with Gasteiger partial charge >= 0.3 is 6.18 Å². The Morgan fingerprint density at radius 2 is 2.00 bits per heavy atom. The van der Waals surface area contributed by atoms with E-state index >= 15 is 0 Å². The Bertz CT molecular complexity index is 1100. The number of hydrogen-bond donors (Lipinski definition) is 1. The van der Waals surface area contributed by atoms with Crippen molar-refractivity contribution in [1.82, 2.24) is 19.6 Å². The van der Waals surface area contributed by atoms with E-state index in [0.29, 0.717) is 42.7 Å². The second-order valence-corrected chi connectivity index (χ2v) is 8.44.